The third-order valence-electron chi connectivity index (χ3n) is 3.48. The van der Waals surface area contributed by atoms with Crippen molar-refractivity contribution in [3.8, 4) is 6.07 Å². The van der Waals surface area contributed by atoms with Gasteiger partial charge in [0.25, 0.3) is 5.91 Å². The monoisotopic (exact) mass is 329 g/mol. The molecule has 1 saturated heterocycles. The number of rotatable bonds is 3. The minimum atomic E-state index is -4.86. The minimum Gasteiger partial charge on any atom is -0.393 e. The molecule has 0 atom stereocenters. The van der Waals surface area contributed by atoms with E-state index in [0.717, 1.165) is 12.1 Å². The first-order valence-corrected chi connectivity index (χ1v) is 6.20. The number of aliphatic hydroxyl groups is 2. The van der Waals surface area contributed by atoms with Crippen LogP contribution >= 0.6 is 0 Å². The van der Waals surface area contributed by atoms with Crippen LogP contribution in [0.15, 0.2) is 18.2 Å². The molecule has 1 heterocycles. The van der Waals surface area contributed by atoms with Crippen LogP contribution in [0.5, 0.6) is 0 Å². The molecule has 1 fully saturated rings. The Labute approximate surface area is 127 Å². The molecule has 122 valence electrons. The summed E-state index contributed by atoms with van der Waals surface area (Å²) in [7, 11) is 0. The third kappa shape index (κ3) is 2.49. The molecule has 0 saturated carbocycles. The standard InChI is InChI=1S/C13H10F3N3O4/c14-13(15,16)9-3-8(2-1-7(9)4-17)19-11(23)18-10(22)12(19,5-20)6-21/h1-3,20-21H,5-6H2,(H,18,22,23). The molecular formula is C13H10F3N3O4. The molecule has 0 unspecified atom stereocenters. The van der Waals surface area contributed by atoms with Gasteiger partial charge in [0.1, 0.15) is 0 Å². The maximum absolute atomic E-state index is 13.0. The van der Waals surface area contributed by atoms with Gasteiger partial charge in [-0.2, -0.15) is 18.4 Å². The number of halogens is 3. The quantitative estimate of drug-likeness (QED) is 0.693. The number of hydrogen-bond acceptors (Lipinski definition) is 5. The van der Waals surface area contributed by atoms with Gasteiger partial charge in [-0.15, -0.1) is 0 Å². The molecule has 0 spiro atoms. The van der Waals surface area contributed by atoms with Crippen LogP contribution in [-0.4, -0.2) is 40.9 Å². The molecule has 0 bridgehead atoms. The van der Waals surface area contributed by atoms with E-state index in [1.165, 1.54) is 6.07 Å². The number of imide groups is 1. The van der Waals surface area contributed by atoms with E-state index in [2.05, 4.69) is 0 Å². The van der Waals surface area contributed by atoms with Crippen molar-refractivity contribution in [2.75, 3.05) is 18.1 Å². The highest BCUT2D eigenvalue weighted by atomic mass is 19.4. The lowest BCUT2D eigenvalue weighted by molar-refractivity contribution is -0.137. The summed E-state index contributed by atoms with van der Waals surface area (Å²) in [5.41, 5.74) is -4.46. The number of urea groups is 1. The zero-order valence-electron chi connectivity index (χ0n) is 11.4. The van der Waals surface area contributed by atoms with Gasteiger partial charge in [-0.05, 0) is 18.2 Å². The van der Waals surface area contributed by atoms with Crippen LogP contribution in [-0.2, 0) is 11.0 Å². The van der Waals surface area contributed by atoms with Crippen molar-refractivity contribution < 1.29 is 33.0 Å². The molecular weight excluding hydrogens is 319 g/mol. The van der Waals surface area contributed by atoms with Crippen molar-refractivity contribution in [1.82, 2.24) is 5.32 Å². The van der Waals surface area contributed by atoms with Crippen molar-refractivity contribution in [3.63, 3.8) is 0 Å². The normalized spacial score (nSPS) is 17.1. The number of amides is 3. The highest BCUT2D eigenvalue weighted by molar-refractivity contribution is 6.17. The maximum atomic E-state index is 13.0. The highest BCUT2D eigenvalue weighted by Gasteiger charge is 2.53. The van der Waals surface area contributed by atoms with E-state index in [4.69, 9.17) is 5.26 Å². The molecule has 1 aliphatic heterocycles. The molecule has 23 heavy (non-hydrogen) atoms. The third-order valence-corrected chi connectivity index (χ3v) is 3.48. The highest BCUT2D eigenvalue weighted by Crippen LogP contribution is 2.37. The van der Waals surface area contributed by atoms with Gasteiger partial charge < -0.3 is 10.2 Å². The molecule has 7 nitrogen and oxygen atoms in total. The van der Waals surface area contributed by atoms with Gasteiger partial charge in [-0.25, -0.2) is 4.79 Å². The van der Waals surface area contributed by atoms with Crippen molar-refractivity contribution >= 4 is 17.6 Å². The number of nitrogens with one attached hydrogen (secondary N) is 1. The summed E-state index contributed by atoms with van der Waals surface area (Å²) in [5.74, 6) is -1.04. The van der Waals surface area contributed by atoms with Gasteiger partial charge in [0.2, 0.25) is 0 Å². The maximum Gasteiger partial charge on any atom is 0.417 e. The van der Waals surface area contributed by atoms with Gasteiger partial charge in [0.15, 0.2) is 5.54 Å². The molecule has 1 aliphatic rings. The lowest BCUT2D eigenvalue weighted by Gasteiger charge is -2.32. The van der Waals surface area contributed by atoms with Crippen LogP contribution in [0, 0.1) is 11.3 Å². The zero-order valence-corrected chi connectivity index (χ0v) is 11.4. The van der Waals surface area contributed by atoms with Gasteiger partial charge in [0, 0.05) is 5.69 Å². The van der Waals surface area contributed by atoms with E-state index in [1.807, 2.05) is 5.32 Å². The molecule has 3 amide bonds. The minimum absolute atomic E-state index is 0.386. The van der Waals surface area contributed by atoms with Crippen LogP contribution in [0.3, 0.4) is 0 Å². The van der Waals surface area contributed by atoms with Gasteiger partial charge in [-0.1, -0.05) is 0 Å². The number of hydrogen-bond donors (Lipinski definition) is 3. The fraction of sp³-hybridized carbons (Fsp3) is 0.308. The second-order valence-electron chi connectivity index (χ2n) is 4.78. The lowest BCUT2D eigenvalue weighted by Crippen LogP contribution is -2.56. The summed E-state index contributed by atoms with van der Waals surface area (Å²) >= 11 is 0. The van der Waals surface area contributed by atoms with Crippen LogP contribution < -0.4 is 10.2 Å². The average Bonchev–Trinajstić information content (AvgIpc) is 2.76. The number of aliphatic hydroxyl groups excluding tert-OH is 2. The summed E-state index contributed by atoms with van der Waals surface area (Å²) in [5, 5.41) is 29.3. The summed E-state index contributed by atoms with van der Waals surface area (Å²) < 4.78 is 39.0. The first-order valence-electron chi connectivity index (χ1n) is 6.20. The first kappa shape index (κ1) is 16.7. The Morgan fingerprint density at radius 2 is 1.87 bits per heavy atom. The van der Waals surface area contributed by atoms with Gasteiger partial charge >= 0.3 is 12.2 Å². The summed E-state index contributed by atoms with van der Waals surface area (Å²) in [6.45, 7) is -2.00. The zero-order chi connectivity index (χ0) is 17.4. The van der Waals surface area contributed by atoms with E-state index < -0.39 is 48.0 Å². The molecule has 0 radical (unpaired) electrons. The average molecular weight is 329 g/mol. The summed E-state index contributed by atoms with van der Waals surface area (Å²) in [4.78, 5) is 24.2. The number of benzene rings is 1. The van der Waals surface area contributed by atoms with Crippen molar-refractivity contribution in [1.29, 1.82) is 5.26 Å². The topological polar surface area (TPSA) is 114 Å². The largest absolute Gasteiger partial charge is 0.417 e. The summed E-state index contributed by atoms with van der Waals surface area (Å²) in [6, 6.07) is 2.67. The van der Waals surface area contributed by atoms with Crippen molar-refractivity contribution in [3.05, 3.63) is 29.3 Å². The number of carbonyl (C=O) groups excluding carboxylic acids is 2. The van der Waals surface area contributed by atoms with E-state index in [1.54, 1.807) is 0 Å². The first-order chi connectivity index (χ1) is 10.7. The van der Waals surface area contributed by atoms with Crippen LogP contribution in [0.25, 0.3) is 0 Å². The number of nitriles is 1. The summed E-state index contributed by atoms with van der Waals surface area (Å²) in [6.07, 6.45) is -4.86. The number of alkyl halides is 3. The van der Waals surface area contributed by atoms with E-state index >= 15 is 0 Å². The molecule has 2 rings (SSSR count). The fourth-order valence-corrected chi connectivity index (χ4v) is 2.27. The van der Waals surface area contributed by atoms with Gasteiger partial charge in [-0.3, -0.25) is 15.0 Å². The Morgan fingerprint density at radius 3 is 2.35 bits per heavy atom. The molecule has 1 aromatic carbocycles. The molecule has 10 heteroatoms. The second-order valence-corrected chi connectivity index (χ2v) is 4.78. The van der Waals surface area contributed by atoms with Crippen LogP contribution in [0.2, 0.25) is 0 Å². The number of carbonyl (C=O) groups is 2. The Morgan fingerprint density at radius 1 is 1.26 bits per heavy atom. The Balaban J connectivity index is 2.64. The van der Waals surface area contributed by atoms with E-state index in [9.17, 15) is 33.0 Å². The van der Waals surface area contributed by atoms with Crippen molar-refractivity contribution in [2.24, 2.45) is 0 Å². The van der Waals surface area contributed by atoms with E-state index in [-0.39, 0.29) is 5.69 Å². The van der Waals surface area contributed by atoms with Crippen molar-refractivity contribution in [2.45, 2.75) is 11.7 Å². The molecule has 0 aliphatic carbocycles. The lowest BCUT2D eigenvalue weighted by atomic mass is 9.98. The predicted molar refractivity (Wildman–Crippen MR) is 69.1 cm³/mol. The molecule has 3 N–H and O–H groups in total. The van der Waals surface area contributed by atoms with Gasteiger partial charge in [0.05, 0.1) is 30.4 Å². The molecule has 0 aromatic heterocycles. The molecule has 1 aromatic rings. The Kier molecular flexibility index (Phi) is 4.02. The SMILES string of the molecule is N#Cc1ccc(N2C(=O)NC(=O)C2(CO)CO)cc1C(F)(F)F. The Bertz CT molecular complexity index is 707. The predicted octanol–water partition coefficient (Wildman–Crippen LogP) is 0.357. The van der Waals surface area contributed by atoms with Crippen LogP contribution in [0.1, 0.15) is 11.1 Å². The fourth-order valence-electron chi connectivity index (χ4n) is 2.27. The second kappa shape index (κ2) is 5.53. The Hall–Kier alpha value is -2.64. The van der Waals surface area contributed by atoms with Crippen LogP contribution in [0.4, 0.5) is 23.7 Å². The van der Waals surface area contributed by atoms with E-state index in [0.29, 0.717) is 11.0 Å². The number of anilines is 1. The number of nitrogens with zero attached hydrogens (tertiary/aromatic N) is 2. The smallest absolute Gasteiger partial charge is 0.393 e.